The van der Waals surface area contributed by atoms with E-state index in [0.29, 0.717) is 12.4 Å². The number of hydrogen-bond acceptors (Lipinski definition) is 6. The van der Waals surface area contributed by atoms with Gasteiger partial charge in [-0.2, -0.15) is 5.26 Å². The van der Waals surface area contributed by atoms with Gasteiger partial charge in [-0.05, 0) is 18.9 Å². The Labute approximate surface area is 103 Å². The van der Waals surface area contributed by atoms with Crippen molar-refractivity contribution in [2.24, 2.45) is 0 Å². The van der Waals surface area contributed by atoms with Crippen LogP contribution in [0.3, 0.4) is 0 Å². The summed E-state index contributed by atoms with van der Waals surface area (Å²) in [5.74, 6) is 0.496. The Morgan fingerprint density at radius 1 is 1.61 bits per heavy atom. The minimum Gasteiger partial charge on any atom is -0.391 e. The lowest BCUT2D eigenvalue weighted by Crippen LogP contribution is -2.38. The second kappa shape index (κ2) is 4.98. The Morgan fingerprint density at radius 2 is 2.39 bits per heavy atom. The lowest BCUT2D eigenvalue weighted by atomic mass is 10.1. The van der Waals surface area contributed by atoms with Gasteiger partial charge in [0, 0.05) is 19.2 Å². The molecule has 1 N–H and O–H groups in total. The fourth-order valence-electron chi connectivity index (χ4n) is 2.01. The first-order valence-corrected chi connectivity index (χ1v) is 5.60. The summed E-state index contributed by atoms with van der Waals surface area (Å²) < 4.78 is 0. The number of anilines is 1. The number of hydrogen-bond donors (Lipinski definition) is 1. The molecule has 2 rings (SSSR count). The van der Waals surface area contributed by atoms with Crippen molar-refractivity contribution >= 4 is 11.5 Å². The van der Waals surface area contributed by atoms with Crippen molar-refractivity contribution in [2.75, 3.05) is 18.0 Å². The van der Waals surface area contributed by atoms with Gasteiger partial charge in [0.25, 0.3) is 0 Å². The zero-order valence-corrected chi connectivity index (χ0v) is 9.61. The third kappa shape index (κ3) is 2.38. The van der Waals surface area contributed by atoms with E-state index in [9.17, 15) is 15.2 Å². The van der Waals surface area contributed by atoms with Crippen LogP contribution >= 0.6 is 0 Å². The maximum atomic E-state index is 10.7. The normalized spacial score (nSPS) is 19.3. The third-order valence-electron chi connectivity index (χ3n) is 2.88. The molecule has 0 aliphatic carbocycles. The molecule has 1 aromatic heterocycles. The summed E-state index contributed by atoms with van der Waals surface area (Å²) in [4.78, 5) is 15.9. The lowest BCUT2D eigenvalue weighted by molar-refractivity contribution is -0.385. The number of aromatic nitrogens is 1. The fraction of sp³-hybridized carbons (Fsp3) is 0.455. The van der Waals surface area contributed by atoms with Crippen LogP contribution in [0, 0.1) is 21.4 Å². The number of piperidine rings is 1. The van der Waals surface area contributed by atoms with Crippen LogP contribution in [0.15, 0.2) is 12.1 Å². The van der Waals surface area contributed by atoms with Gasteiger partial charge in [-0.1, -0.05) is 0 Å². The fourth-order valence-corrected chi connectivity index (χ4v) is 2.01. The smallest absolute Gasteiger partial charge is 0.305 e. The molecule has 1 aliphatic rings. The molecule has 1 atom stereocenters. The van der Waals surface area contributed by atoms with Crippen LogP contribution in [0.4, 0.5) is 11.5 Å². The van der Waals surface area contributed by atoms with Gasteiger partial charge in [-0.15, -0.1) is 0 Å². The highest BCUT2D eigenvalue weighted by Crippen LogP contribution is 2.23. The number of nitro groups is 1. The summed E-state index contributed by atoms with van der Waals surface area (Å²) in [6, 6.07) is 4.52. The zero-order chi connectivity index (χ0) is 13.1. The van der Waals surface area contributed by atoms with Crippen LogP contribution in [0.25, 0.3) is 0 Å². The minimum absolute atomic E-state index is 0.197. The van der Waals surface area contributed by atoms with Gasteiger partial charge >= 0.3 is 5.69 Å². The first-order chi connectivity index (χ1) is 8.61. The van der Waals surface area contributed by atoms with Crippen LogP contribution in [0.5, 0.6) is 0 Å². The molecule has 0 bridgehead atoms. The van der Waals surface area contributed by atoms with E-state index in [0.717, 1.165) is 19.4 Å². The number of nitriles is 1. The van der Waals surface area contributed by atoms with Crippen molar-refractivity contribution in [2.45, 2.75) is 18.9 Å². The molecule has 1 aromatic rings. The monoisotopic (exact) mass is 248 g/mol. The lowest BCUT2D eigenvalue weighted by Gasteiger charge is -2.30. The highest BCUT2D eigenvalue weighted by molar-refractivity contribution is 5.51. The number of β-amino-alcohol motifs (C(OH)–C–C–N with tert-alkyl or cyclic N) is 1. The van der Waals surface area contributed by atoms with E-state index in [1.807, 2.05) is 4.90 Å². The number of nitrogens with zero attached hydrogens (tertiary/aromatic N) is 4. The molecule has 18 heavy (non-hydrogen) atoms. The van der Waals surface area contributed by atoms with E-state index in [1.165, 1.54) is 12.1 Å². The SMILES string of the molecule is N#Cc1nc(N2CCCC(O)C2)ccc1[N+](=O)[O-]. The van der Waals surface area contributed by atoms with Gasteiger partial charge < -0.3 is 10.0 Å². The van der Waals surface area contributed by atoms with Crippen molar-refractivity contribution < 1.29 is 10.0 Å². The molecule has 0 saturated carbocycles. The van der Waals surface area contributed by atoms with Crippen LogP contribution in [0.1, 0.15) is 18.5 Å². The second-order valence-corrected chi connectivity index (χ2v) is 4.15. The Bertz CT molecular complexity index is 512. The molecule has 1 aliphatic heterocycles. The van der Waals surface area contributed by atoms with E-state index < -0.39 is 11.0 Å². The molecule has 0 radical (unpaired) electrons. The molecule has 0 spiro atoms. The van der Waals surface area contributed by atoms with Crippen molar-refractivity contribution in [1.29, 1.82) is 5.26 Å². The van der Waals surface area contributed by atoms with Crippen molar-refractivity contribution in [1.82, 2.24) is 4.98 Å². The second-order valence-electron chi connectivity index (χ2n) is 4.15. The average molecular weight is 248 g/mol. The van der Waals surface area contributed by atoms with Crippen molar-refractivity contribution in [3.63, 3.8) is 0 Å². The van der Waals surface area contributed by atoms with Crippen LogP contribution in [-0.2, 0) is 0 Å². The van der Waals surface area contributed by atoms with Crippen molar-refractivity contribution in [3.05, 3.63) is 27.9 Å². The summed E-state index contributed by atoms with van der Waals surface area (Å²) in [5.41, 5.74) is -0.489. The Hall–Kier alpha value is -2.20. The van der Waals surface area contributed by atoms with E-state index >= 15 is 0 Å². The van der Waals surface area contributed by atoms with Crippen LogP contribution in [0.2, 0.25) is 0 Å². The number of aliphatic hydroxyl groups excluding tert-OH is 1. The van der Waals surface area contributed by atoms with E-state index in [2.05, 4.69) is 4.98 Å². The molecule has 2 heterocycles. The number of rotatable bonds is 2. The van der Waals surface area contributed by atoms with Gasteiger partial charge in [0.05, 0.1) is 11.0 Å². The molecular weight excluding hydrogens is 236 g/mol. The number of pyridine rings is 1. The quantitative estimate of drug-likeness (QED) is 0.614. The van der Waals surface area contributed by atoms with Crippen molar-refractivity contribution in [3.8, 4) is 6.07 Å². The summed E-state index contributed by atoms with van der Waals surface area (Å²) in [6.07, 6.45) is 1.16. The minimum atomic E-state index is -0.625. The molecular formula is C11H12N4O3. The Morgan fingerprint density at radius 3 is 3.00 bits per heavy atom. The van der Waals surface area contributed by atoms with Gasteiger partial charge in [0.15, 0.2) is 0 Å². The van der Waals surface area contributed by atoms with Gasteiger partial charge in [0.1, 0.15) is 11.9 Å². The third-order valence-corrected chi connectivity index (χ3v) is 2.88. The van der Waals surface area contributed by atoms with Crippen LogP contribution < -0.4 is 4.90 Å². The van der Waals surface area contributed by atoms with Gasteiger partial charge in [-0.25, -0.2) is 4.98 Å². The standard InChI is InChI=1S/C11H12N4O3/c12-6-9-10(15(17)18)3-4-11(13-9)14-5-1-2-8(16)7-14/h3-4,8,16H,1-2,5,7H2. The predicted octanol–water partition coefficient (Wildman–Crippen LogP) is 0.823. The van der Waals surface area contributed by atoms with E-state index in [-0.39, 0.29) is 11.4 Å². The summed E-state index contributed by atoms with van der Waals surface area (Å²) in [6.45, 7) is 1.17. The summed E-state index contributed by atoms with van der Waals surface area (Å²) in [5, 5.41) is 29.1. The topological polar surface area (TPSA) is 103 Å². The first-order valence-electron chi connectivity index (χ1n) is 5.60. The summed E-state index contributed by atoms with van der Waals surface area (Å²) in [7, 11) is 0. The largest absolute Gasteiger partial charge is 0.391 e. The molecule has 1 unspecified atom stereocenters. The maximum Gasteiger partial charge on any atom is 0.305 e. The van der Waals surface area contributed by atoms with Gasteiger partial charge in [-0.3, -0.25) is 10.1 Å². The molecule has 94 valence electrons. The zero-order valence-electron chi connectivity index (χ0n) is 9.61. The first kappa shape index (κ1) is 12.3. The molecule has 1 fully saturated rings. The summed E-state index contributed by atoms with van der Waals surface area (Å²) >= 11 is 0. The molecule has 1 saturated heterocycles. The van der Waals surface area contributed by atoms with E-state index in [4.69, 9.17) is 5.26 Å². The molecule has 7 heteroatoms. The average Bonchev–Trinajstić information content (AvgIpc) is 2.37. The highest BCUT2D eigenvalue weighted by Gasteiger charge is 2.22. The number of aliphatic hydroxyl groups is 1. The van der Waals surface area contributed by atoms with Crippen LogP contribution in [-0.4, -0.2) is 34.2 Å². The highest BCUT2D eigenvalue weighted by atomic mass is 16.6. The molecule has 7 nitrogen and oxygen atoms in total. The Kier molecular flexibility index (Phi) is 3.39. The van der Waals surface area contributed by atoms with E-state index in [1.54, 1.807) is 6.07 Å². The predicted molar refractivity (Wildman–Crippen MR) is 63.1 cm³/mol. The Balaban J connectivity index is 2.30. The maximum absolute atomic E-state index is 10.7. The molecule has 0 amide bonds. The van der Waals surface area contributed by atoms with Gasteiger partial charge in [0.2, 0.25) is 5.69 Å². The molecule has 0 aromatic carbocycles.